The monoisotopic (exact) mass is 246 g/mol. The second kappa shape index (κ2) is 5.38. The van der Waals surface area contributed by atoms with Crippen molar-refractivity contribution in [2.24, 2.45) is 5.92 Å². The van der Waals surface area contributed by atoms with E-state index in [1.165, 1.54) is 6.42 Å². The van der Waals surface area contributed by atoms with Crippen molar-refractivity contribution < 1.29 is 0 Å². The lowest BCUT2D eigenvalue weighted by atomic mass is 10.1. The number of nitrogens with zero attached hydrogens (tertiary/aromatic N) is 3. The zero-order valence-electron chi connectivity index (χ0n) is 11.6. The van der Waals surface area contributed by atoms with E-state index in [2.05, 4.69) is 49.2 Å². The van der Waals surface area contributed by atoms with E-state index in [1.54, 1.807) is 0 Å². The molecule has 2 aromatic heterocycles. The number of pyridine rings is 1. The highest BCUT2D eigenvalue weighted by Crippen LogP contribution is 2.19. The van der Waals surface area contributed by atoms with E-state index in [1.807, 2.05) is 17.1 Å². The highest BCUT2D eigenvalue weighted by Gasteiger charge is 2.07. The van der Waals surface area contributed by atoms with Crippen LogP contribution in [0.2, 0.25) is 0 Å². The Balaban J connectivity index is 2.18. The van der Waals surface area contributed by atoms with E-state index < -0.39 is 0 Å². The van der Waals surface area contributed by atoms with Crippen LogP contribution in [-0.4, -0.2) is 21.3 Å². The molecule has 0 aromatic carbocycles. The Labute approximate surface area is 108 Å². The smallest absolute Gasteiger partial charge is 0.158 e. The van der Waals surface area contributed by atoms with Gasteiger partial charge in [-0.05, 0) is 25.8 Å². The predicted molar refractivity (Wildman–Crippen MR) is 75.9 cm³/mol. The standard InChI is InChI=1S/C14H22N4/c1-5-11(4)7-15-13-6-12-8-17-18(10(2)3)14(12)16-9-13/h6,8-11,15H,5,7H2,1-4H3. The number of nitrogens with one attached hydrogen (secondary N) is 1. The van der Waals surface area contributed by atoms with Gasteiger partial charge in [0, 0.05) is 18.0 Å². The van der Waals surface area contributed by atoms with Crippen LogP contribution in [0.15, 0.2) is 18.5 Å². The summed E-state index contributed by atoms with van der Waals surface area (Å²) >= 11 is 0. The molecule has 0 bridgehead atoms. The van der Waals surface area contributed by atoms with Gasteiger partial charge in [-0.25, -0.2) is 9.67 Å². The maximum atomic E-state index is 4.50. The molecular formula is C14H22N4. The average molecular weight is 246 g/mol. The Morgan fingerprint density at radius 1 is 1.28 bits per heavy atom. The van der Waals surface area contributed by atoms with Crippen LogP contribution in [0, 0.1) is 5.92 Å². The van der Waals surface area contributed by atoms with Crippen molar-refractivity contribution in [3.63, 3.8) is 0 Å². The highest BCUT2D eigenvalue weighted by molar-refractivity contribution is 5.78. The van der Waals surface area contributed by atoms with Crippen molar-refractivity contribution in [3.05, 3.63) is 18.5 Å². The average Bonchev–Trinajstić information content (AvgIpc) is 2.78. The lowest BCUT2D eigenvalue weighted by Crippen LogP contribution is -2.10. The Kier molecular flexibility index (Phi) is 3.84. The summed E-state index contributed by atoms with van der Waals surface area (Å²) in [6, 6.07) is 2.46. The molecule has 0 saturated heterocycles. The first-order valence-electron chi connectivity index (χ1n) is 6.69. The largest absolute Gasteiger partial charge is 0.384 e. The van der Waals surface area contributed by atoms with E-state index in [0.717, 1.165) is 23.3 Å². The summed E-state index contributed by atoms with van der Waals surface area (Å²) in [5.74, 6) is 0.680. The molecule has 2 aromatic rings. The van der Waals surface area contributed by atoms with Crippen LogP contribution in [0.3, 0.4) is 0 Å². The molecule has 4 heteroatoms. The highest BCUT2D eigenvalue weighted by atomic mass is 15.3. The van der Waals surface area contributed by atoms with Gasteiger partial charge in [0.2, 0.25) is 0 Å². The third-order valence-corrected chi connectivity index (χ3v) is 3.27. The van der Waals surface area contributed by atoms with Gasteiger partial charge in [-0.15, -0.1) is 0 Å². The fraction of sp³-hybridized carbons (Fsp3) is 0.571. The Morgan fingerprint density at radius 3 is 2.72 bits per heavy atom. The molecule has 0 spiro atoms. The molecule has 0 amide bonds. The summed E-state index contributed by atoms with van der Waals surface area (Å²) in [6.07, 6.45) is 4.97. The summed E-state index contributed by atoms with van der Waals surface area (Å²) in [7, 11) is 0. The van der Waals surface area contributed by atoms with Gasteiger partial charge >= 0.3 is 0 Å². The zero-order valence-corrected chi connectivity index (χ0v) is 11.6. The summed E-state index contributed by atoms with van der Waals surface area (Å²) in [6.45, 7) is 9.67. The van der Waals surface area contributed by atoms with E-state index in [-0.39, 0.29) is 0 Å². The lowest BCUT2D eigenvalue weighted by molar-refractivity contribution is 0.546. The summed E-state index contributed by atoms with van der Waals surface area (Å²) in [4.78, 5) is 4.50. The van der Waals surface area contributed by atoms with Crippen molar-refractivity contribution in [3.8, 4) is 0 Å². The molecule has 1 unspecified atom stereocenters. The number of hydrogen-bond donors (Lipinski definition) is 1. The number of rotatable bonds is 5. The Bertz CT molecular complexity index is 515. The zero-order chi connectivity index (χ0) is 13.1. The van der Waals surface area contributed by atoms with Crippen LogP contribution < -0.4 is 5.32 Å². The molecule has 1 N–H and O–H groups in total. The minimum Gasteiger partial charge on any atom is -0.384 e. The quantitative estimate of drug-likeness (QED) is 0.878. The van der Waals surface area contributed by atoms with Crippen molar-refractivity contribution in [2.75, 3.05) is 11.9 Å². The fourth-order valence-corrected chi connectivity index (χ4v) is 1.85. The number of fused-ring (bicyclic) bond motifs is 1. The van der Waals surface area contributed by atoms with Gasteiger partial charge in [0.05, 0.1) is 18.1 Å². The minimum atomic E-state index is 0.342. The minimum absolute atomic E-state index is 0.342. The Hall–Kier alpha value is -1.58. The number of hydrogen-bond acceptors (Lipinski definition) is 3. The molecule has 0 aliphatic carbocycles. The van der Waals surface area contributed by atoms with Crippen molar-refractivity contribution in [1.29, 1.82) is 0 Å². The van der Waals surface area contributed by atoms with E-state index in [9.17, 15) is 0 Å². The van der Waals surface area contributed by atoms with E-state index in [4.69, 9.17) is 0 Å². The summed E-state index contributed by atoms with van der Waals surface area (Å²) in [5.41, 5.74) is 2.03. The topological polar surface area (TPSA) is 42.7 Å². The number of aromatic nitrogens is 3. The molecule has 18 heavy (non-hydrogen) atoms. The summed E-state index contributed by atoms with van der Waals surface area (Å²) < 4.78 is 1.95. The van der Waals surface area contributed by atoms with Crippen molar-refractivity contribution in [2.45, 2.75) is 40.2 Å². The van der Waals surface area contributed by atoms with Crippen LogP contribution in [0.4, 0.5) is 5.69 Å². The number of anilines is 1. The normalized spacial score (nSPS) is 13.2. The van der Waals surface area contributed by atoms with Gasteiger partial charge < -0.3 is 5.32 Å². The second-order valence-electron chi connectivity index (χ2n) is 5.21. The first-order chi connectivity index (χ1) is 8.61. The van der Waals surface area contributed by atoms with Crippen LogP contribution >= 0.6 is 0 Å². The van der Waals surface area contributed by atoms with Crippen LogP contribution in [0.1, 0.15) is 40.2 Å². The molecular weight excluding hydrogens is 224 g/mol. The van der Waals surface area contributed by atoms with Gasteiger partial charge in [0.25, 0.3) is 0 Å². The fourth-order valence-electron chi connectivity index (χ4n) is 1.85. The maximum absolute atomic E-state index is 4.50. The van der Waals surface area contributed by atoms with Crippen molar-refractivity contribution >= 4 is 16.7 Å². The van der Waals surface area contributed by atoms with Gasteiger partial charge in [0.15, 0.2) is 5.65 Å². The molecule has 0 aliphatic rings. The van der Waals surface area contributed by atoms with Gasteiger partial charge in [-0.3, -0.25) is 0 Å². The molecule has 4 nitrogen and oxygen atoms in total. The van der Waals surface area contributed by atoms with Crippen LogP contribution in [0.5, 0.6) is 0 Å². The Morgan fingerprint density at radius 2 is 2.06 bits per heavy atom. The van der Waals surface area contributed by atoms with Gasteiger partial charge in [-0.2, -0.15) is 5.10 Å². The van der Waals surface area contributed by atoms with Crippen molar-refractivity contribution in [1.82, 2.24) is 14.8 Å². The third-order valence-electron chi connectivity index (χ3n) is 3.27. The first kappa shape index (κ1) is 12.9. The molecule has 0 aliphatic heterocycles. The van der Waals surface area contributed by atoms with E-state index in [0.29, 0.717) is 12.0 Å². The van der Waals surface area contributed by atoms with Gasteiger partial charge in [0.1, 0.15) is 0 Å². The third kappa shape index (κ3) is 2.63. The van der Waals surface area contributed by atoms with Gasteiger partial charge in [-0.1, -0.05) is 20.3 Å². The maximum Gasteiger partial charge on any atom is 0.158 e. The van der Waals surface area contributed by atoms with Crippen LogP contribution in [0.25, 0.3) is 11.0 Å². The predicted octanol–water partition coefficient (Wildman–Crippen LogP) is 3.47. The molecule has 1 atom stereocenters. The SMILES string of the molecule is CCC(C)CNc1cnc2c(cnn2C(C)C)c1. The molecule has 2 rings (SSSR count). The molecule has 0 fully saturated rings. The molecule has 0 saturated carbocycles. The van der Waals surface area contributed by atoms with Crippen LogP contribution in [-0.2, 0) is 0 Å². The first-order valence-corrected chi connectivity index (χ1v) is 6.69. The summed E-state index contributed by atoms with van der Waals surface area (Å²) in [5, 5.41) is 8.90. The molecule has 98 valence electrons. The molecule has 2 heterocycles. The second-order valence-corrected chi connectivity index (χ2v) is 5.21. The van der Waals surface area contributed by atoms with E-state index >= 15 is 0 Å². The lowest BCUT2D eigenvalue weighted by Gasteiger charge is -2.11. The molecule has 0 radical (unpaired) electrons.